The third kappa shape index (κ3) is 1.41. The van der Waals surface area contributed by atoms with Crippen LogP contribution in [0, 0.1) is 5.82 Å². The molecule has 0 bridgehead atoms. The van der Waals surface area contributed by atoms with Gasteiger partial charge in [-0.1, -0.05) is 30.3 Å². The van der Waals surface area contributed by atoms with Gasteiger partial charge in [0.05, 0.1) is 11.6 Å². The van der Waals surface area contributed by atoms with Crippen molar-refractivity contribution in [1.29, 1.82) is 0 Å². The lowest BCUT2D eigenvalue weighted by Crippen LogP contribution is -1.91. The largest absolute Gasteiger partial charge is 0.496 e. The number of benzene rings is 4. The molecule has 98 valence electrons. The van der Waals surface area contributed by atoms with Crippen LogP contribution in [-0.4, -0.2) is 7.11 Å². The van der Waals surface area contributed by atoms with Gasteiger partial charge in [-0.25, -0.2) is 4.39 Å². The van der Waals surface area contributed by atoms with Gasteiger partial charge < -0.3 is 4.74 Å². The van der Waals surface area contributed by atoms with Gasteiger partial charge in [-0.3, -0.25) is 0 Å². The average molecular weight is 329 g/mol. The number of methoxy groups -OCH3 is 1. The van der Waals surface area contributed by atoms with E-state index in [4.69, 9.17) is 4.74 Å². The zero-order valence-electron chi connectivity index (χ0n) is 10.7. The SMILES string of the molecule is COc1cc2cc(F)c3cccc4ccc(c1Br)c2c43. The molecule has 0 fully saturated rings. The molecule has 20 heavy (non-hydrogen) atoms. The summed E-state index contributed by atoms with van der Waals surface area (Å²) in [5, 5.41) is 5.68. The van der Waals surface area contributed by atoms with E-state index in [2.05, 4.69) is 22.0 Å². The molecule has 0 saturated carbocycles. The van der Waals surface area contributed by atoms with Crippen molar-refractivity contribution in [3.8, 4) is 5.75 Å². The molecule has 1 nitrogen and oxygen atoms in total. The second kappa shape index (κ2) is 4.06. The van der Waals surface area contributed by atoms with E-state index < -0.39 is 0 Å². The van der Waals surface area contributed by atoms with E-state index in [9.17, 15) is 4.39 Å². The molecule has 0 saturated heterocycles. The Kier molecular flexibility index (Phi) is 2.42. The van der Waals surface area contributed by atoms with Gasteiger partial charge in [-0.05, 0) is 44.2 Å². The Hall–Kier alpha value is -1.87. The molecule has 0 aromatic heterocycles. The van der Waals surface area contributed by atoms with E-state index in [0.29, 0.717) is 5.39 Å². The van der Waals surface area contributed by atoms with E-state index in [1.54, 1.807) is 13.2 Å². The number of rotatable bonds is 1. The number of halogens is 2. The first-order chi connectivity index (χ1) is 9.70. The van der Waals surface area contributed by atoms with Gasteiger partial charge in [0.15, 0.2) is 0 Å². The standard InChI is InChI=1S/C17H10BrFO/c1-20-14-8-10-7-13(19)11-4-2-3-9-5-6-12(17(14)18)16(10)15(9)11/h2-8H,1H3. The normalized spacial score (nSPS) is 11.8. The Balaban J connectivity index is 2.39. The molecule has 0 aliphatic carbocycles. The third-order valence-corrected chi connectivity index (χ3v) is 4.65. The van der Waals surface area contributed by atoms with Crippen LogP contribution in [-0.2, 0) is 0 Å². The number of ether oxygens (including phenoxy) is 1. The molecule has 0 aliphatic rings. The maximum absolute atomic E-state index is 14.3. The highest BCUT2D eigenvalue weighted by Gasteiger charge is 2.15. The molecular formula is C17H10BrFO. The van der Waals surface area contributed by atoms with Crippen LogP contribution in [0.2, 0.25) is 0 Å². The van der Waals surface area contributed by atoms with Crippen LogP contribution in [0.25, 0.3) is 32.3 Å². The maximum atomic E-state index is 14.3. The Labute approximate surface area is 123 Å². The fraction of sp³-hybridized carbons (Fsp3) is 0.0588. The zero-order valence-corrected chi connectivity index (χ0v) is 12.3. The van der Waals surface area contributed by atoms with Crippen LogP contribution < -0.4 is 4.74 Å². The van der Waals surface area contributed by atoms with E-state index in [1.807, 2.05) is 30.3 Å². The van der Waals surface area contributed by atoms with Gasteiger partial charge in [0.25, 0.3) is 0 Å². The highest BCUT2D eigenvalue weighted by atomic mass is 79.9. The molecule has 0 spiro atoms. The lowest BCUT2D eigenvalue weighted by Gasteiger charge is -2.14. The first-order valence-corrected chi connectivity index (χ1v) is 7.09. The van der Waals surface area contributed by atoms with Crippen LogP contribution in [0.15, 0.2) is 46.9 Å². The number of hydrogen-bond donors (Lipinski definition) is 0. The highest BCUT2D eigenvalue weighted by Crippen LogP contribution is 2.42. The topological polar surface area (TPSA) is 9.23 Å². The summed E-state index contributed by atoms with van der Waals surface area (Å²) in [4.78, 5) is 0. The van der Waals surface area contributed by atoms with Gasteiger partial charge in [0.2, 0.25) is 0 Å². The minimum absolute atomic E-state index is 0.194. The predicted molar refractivity (Wildman–Crippen MR) is 84.4 cm³/mol. The maximum Gasteiger partial charge on any atom is 0.134 e. The van der Waals surface area contributed by atoms with Gasteiger partial charge in [-0.15, -0.1) is 0 Å². The van der Waals surface area contributed by atoms with Crippen LogP contribution >= 0.6 is 15.9 Å². The van der Waals surface area contributed by atoms with E-state index >= 15 is 0 Å². The molecule has 0 atom stereocenters. The van der Waals surface area contributed by atoms with Crippen molar-refractivity contribution >= 4 is 48.2 Å². The lowest BCUT2D eigenvalue weighted by molar-refractivity contribution is 0.413. The van der Waals surface area contributed by atoms with Crippen molar-refractivity contribution in [3.63, 3.8) is 0 Å². The van der Waals surface area contributed by atoms with Crippen LogP contribution in [0.4, 0.5) is 4.39 Å². The van der Waals surface area contributed by atoms with Crippen molar-refractivity contribution < 1.29 is 9.13 Å². The molecular weight excluding hydrogens is 319 g/mol. The van der Waals surface area contributed by atoms with Crippen LogP contribution in [0.5, 0.6) is 5.75 Å². The quantitative estimate of drug-likeness (QED) is 0.419. The second-order valence-corrected chi connectivity index (χ2v) is 5.66. The van der Waals surface area contributed by atoms with Crippen LogP contribution in [0.3, 0.4) is 0 Å². The fourth-order valence-electron chi connectivity index (χ4n) is 2.95. The molecule has 0 aliphatic heterocycles. The van der Waals surface area contributed by atoms with Crippen molar-refractivity contribution in [2.24, 2.45) is 0 Å². The summed E-state index contributed by atoms with van der Waals surface area (Å²) in [5.41, 5.74) is 0. The van der Waals surface area contributed by atoms with E-state index in [0.717, 1.165) is 37.2 Å². The first-order valence-electron chi connectivity index (χ1n) is 6.30. The Morgan fingerprint density at radius 2 is 1.75 bits per heavy atom. The van der Waals surface area contributed by atoms with Gasteiger partial charge in [0.1, 0.15) is 11.6 Å². The summed E-state index contributed by atoms with van der Waals surface area (Å²) in [6, 6.07) is 13.3. The van der Waals surface area contributed by atoms with Gasteiger partial charge in [0, 0.05) is 16.2 Å². The number of hydrogen-bond acceptors (Lipinski definition) is 1. The minimum Gasteiger partial charge on any atom is -0.496 e. The third-order valence-electron chi connectivity index (χ3n) is 3.83. The summed E-state index contributed by atoms with van der Waals surface area (Å²) in [6.07, 6.45) is 0. The van der Waals surface area contributed by atoms with Crippen molar-refractivity contribution in [1.82, 2.24) is 0 Å². The smallest absolute Gasteiger partial charge is 0.134 e. The van der Waals surface area contributed by atoms with Gasteiger partial charge >= 0.3 is 0 Å². The average Bonchev–Trinajstić information content (AvgIpc) is 2.48. The summed E-state index contributed by atoms with van der Waals surface area (Å²) in [6.45, 7) is 0. The van der Waals surface area contributed by atoms with Crippen molar-refractivity contribution in [3.05, 3.63) is 52.8 Å². The fourth-order valence-corrected chi connectivity index (χ4v) is 3.55. The Morgan fingerprint density at radius 3 is 2.55 bits per heavy atom. The molecule has 0 amide bonds. The van der Waals surface area contributed by atoms with Crippen LogP contribution in [0.1, 0.15) is 0 Å². The lowest BCUT2D eigenvalue weighted by atomic mass is 9.94. The summed E-state index contributed by atoms with van der Waals surface area (Å²) >= 11 is 3.59. The summed E-state index contributed by atoms with van der Waals surface area (Å²) in [5.74, 6) is 0.523. The molecule has 4 rings (SSSR count). The molecule has 0 radical (unpaired) electrons. The van der Waals surface area contributed by atoms with E-state index in [-0.39, 0.29) is 5.82 Å². The first kappa shape index (κ1) is 11.9. The van der Waals surface area contributed by atoms with Gasteiger partial charge in [-0.2, -0.15) is 0 Å². The predicted octanol–water partition coefficient (Wildman–Crippen LogP) is 5.49. The zero-order chi connectivity index (χ0) is 13.9. The Morgan fingerprint density at radius 1 is 0.950 bits per heavy atom. The van der Waals surface area contributed by atoms with Crippen molar-refractivity contribution in [2.45, 2.75) is 0 Å². The Bertz CT molecular complexity index is 962. The molecule has 0 unspecified atom stereocenters. The molecule has 0 heterocycles. The molecule has 4 aromatic carbocycles. The molecule has 4 aromatic rings. The highest BCUT2D eigenvalue weighted by molar-refractivity contribution is 9.10. The molecule has 0 N–H and O–H groups in total. The minimum atomic E-state index is -0.194. The summed E-state index contributed by atoms with van der Waals surface area (Å²) in [7, 11) is 1.62. The summed E-state index contributed by atoms with van der Waals surface area (Å²) < 4.78 is 20.6. The van der Waals surface area contributed by atoms with E-state index in [1.165, 1.54) is 0 Å². The van der Waals surface area contributed by atoms with Crippen molar-refractivity contribution in [2.75, 3.05) is 7.11 Å². The monoisotopic (exact) mass is 328 g/mol. The molecule has 3 heteroatoms. The second-order valence-electron chi connectivity index (χ2n) is 4.87.